The maximum atomic E-state index is 11.3. The SMILES string of the molecule is CCC(C)(C)CC(C(C)C)C1C=CC(=O)CC1. The van der Waals surface area contributed by atoms with Gasteiger partial charge in [-0.2, -0.15) is 0 Å². The van der Waals surface area contributed by atoms with Crippen molar-refractivity contribution in [3.63, 3.8) is 0 Å². The Bertz CT molecular complexity index is 286. The molecule has 1 aliphatic carbocycles. The fourth-order valence-corrected chi connectivity index (χ4v) is 2.74. The van der Waals surface area contributed by atoms with Gasteiger partial charge in [0.1, 0.15) is 0 Å². The minimum atomic E-state index is 0.304. The molecule has 0 aromatic rings. The summed E-state index contributed by atoms with van der Waals surface area (Å²) in [5.41, 5.74) is 0.421. The molecule has 2 unspecified atom stereocenters. The van der Waals surface area contributed by atoms with E-state index >= 15 is 0 Å². The van der Waals surface area contributed by atoms with Gasteiger partial charge in [0, 0.05) is 6.42 Å². The number of rotatable bonds is 5. The first kappa shape index (κ1) is 14.5. The molecule has 0 heterocycles. The number of carbonyl (C=O) groups is 1. The predicted octanol–water partition coefficient (Wildman–Crippen LogP) is 4.62. The zero-order valence-electron chi connectivity index (χ0n) is 12.1. The summed E-state index contributed by atoms with van der Waals surface area (Å²) in [5.74, 6) is 2.33. The minimum Gasteiger partial charge on any atom is -0.295 e. The van der Waals surface area contributed by atoms with Crippen molar-refractivity contribution in [1.82, 2.24) is 0 Å². The van der Waals surface area contributed by atoms with Gasteiger partial charge >= 0.3 is 0 Å². The maximum absolute atomic E-state index is 11.3. The van der Waals surface area contributed by atoms with Crippen molar-refractivity contribution in [2.45, 2.75) is 60.3 Å². The van der Waals surface area contributed by atoms with E-state index < -0.39 is 0 Å². The third kappa shape index (κ3) is 4.29. The summed E-state index contributed by atoms with van der Waals surface area (Å²) in [6.07, 6.45) is 8.27. The largest absolute Gasteiger partial charge is 0.295 e. The highest BCUT2D eigenvalue weighted by Gasteiger charge is 2.30. The molecular weight excluding hydrogens is 208 g/mol. The summed E-state index contributed by atoms with van der Waals surface area (Å²) in [6, 6.07) is 0. The monoisotopic (exact) mass is 236 g/mol. The van der Waals surface area contributed by atoms with Crippen LogP contribution in [-0.4, -0.2) is 5.78 Å². The number of hydrogen-bond acceptors (Lipinski definition) is 1. The quantitative estimate of drug-likeness (QED) is 0.680. The maximum Gasteiger partial charge on any atom is 0.155 e. The van der Waals surface area contributed by atoms with Crippen LogP contribution in [0.2, 0.25) is 0 Å². The molecule has 0 N–H and O–H groups in total. The average Bonchev–Trinajstić information content (AvgIpc) is 2.27. The van der Waals surface area contributed by atoms with Gasteiger partial charge in [-0.25, -0.2) is 0 Å². The first-order valence-electron chi connectivity index (χ1n) is 7.07. The highest BCUT2D eigenvalue weighted by molar-refractivity contribution is 5.90. The van der Waals surface area contributed by atoms with Crippen LogP contribution in [0.25, 0.3) is 0 Å². The molecule has 0 amide bonds. The second kappa shape index (κ2) is 5.84. The molecule has 1 aliphatic rings. The Kier molecular flexibility index (Phi) is 4.97. The van der Waals surface area contributed by atoms with Crippen LogP contribution in [0.1, 0.15) is 60.3 Å². The van der Waals surface area contributed by atoms with Crippen LogP contribution in [0.4, 0.5) is 0 Å². The van der Waals surface area contributed by atoms with Gasteiger partial charge in [-0.1, -0.05) is 47.1 Å². The van der Waals surface area contributed by atoms with Gasteiger partial charge in [0.05, 0.1) is 0 Å². The normalized spacial score (nSPS) is 23.2. The highest BCUT2D eigenvalue weighted by Crippen LogP contribution is 2.39. The second-order valence-corrected chi connectivity index (χ2v) is 6.66. The predicted molar refractivity (Wildman–Crippen MR) is 73.9 cm³/mol. The Balaban J connectivity index is 2.73. The molecule has 1 rings (SSSR count). The van der Waals surface area contributed by atoms with Crippen LogP contribution < -0.4 is 0 Å². The molecule has 0 bridgehead atoms. The first-order chi connectivity index (χ1) is 7.85. The van der Waals surface area contributed by atoms with Crippen LogP contribution in [-0.2, 0) is 4.79 Å². The van der Waals surface area contributed by atoms with Gasteiger partial charge in [-0.3, -0.25) is 4.79 Å². The van der Waals surface area contributed by atoms with Gasteiger partial charge in [0.25, 0.3) is 0 Å². The summed E-state index contributed by atoms with van der Waals surface area (Å²) < 4.78 is 0. The molecule has 98 valence electrons. The number of carbonyl (C=O) groups excluding carboxylic acids is 1. The van der Waals surface area contributed by atoms with Crippen molar-refractivity contribution < 1.29 is 4.79 Å². The van der Waals surface area contributed by atoms with Gasteiger partial charge in [0.15, 0.2) is 5.78 Å². The zero-order chi connectivity index (χ0) is 13.1. The van der Waals surface area contributed by atoms with Crippen LogP contribution in [0.5, 0.6) is 0 Å². The second-order valence-electron chi connectivity index (χ2n) is 6.66. The number of allylic oxidation sites excluding steroid dienone is 2. The van der Waals surface area contributed by atoms with Crippen molar-refractivity contribution in [2.24, 2.45) is 23.2 Å². The van der Waals surface area contributed by atoms with Crippen molar-refractivity contribution in [1.29, 1.82) is 0 Å². The lowest BCUT2D eigenvalue weighted by molar-refractivity contribution is -0.115. The van der Waals surface area contributed by atoms with Crippen molar-refractivity contribution in [3.05, 3.63) is 12.2 Å². The van der Waals surface area contributed by atoms with Gasteiger partial charge in [-0.15, -0.1) is 0 Å². The molecule has 0 radical (unpaired) electrons. The Hall–Kier alpha value is -0.590. The summed E-state index contributed by atoms with van der Waals surface area (Å²) in [4.78, 5) is 11.3. The number of ketones is 1. The minimum absolute atomic E-state index is 0.304. The van der Waals surface area contributed by atoms with E-state index in [9.17, 15) is 4.79 Å². The van der Waals surface area contributed by atoms with Crippen LogP contribution in [0.3, 0.4) is 0 Å². The molecule has 17 heavy (non-hydrogen) atoms. The van der Waals surface area contributed by atoms with Crippen LogP contribution in [0.15, 0.2) is 12.2 Å². The molecule has 0 saturated carbocycles. The molecule has 0 aromatic carbocycles. The van der Waals surface area contributed by atoms with Gasteiger partial charge in [0.2, 0.25) is 0 Å². The van der Waals surface area contributed by atoms with Crippen molar-refractivity contribution in [2.75, 3.05) is 0 Å². The van der Waals surface area contributed by atoms with E-state index in [-0.39, 0.29) is 0 Å². The molecule has 0 spiro atoms. The topological polar surface area (TPSA) is 17.1 Å². The van der Waals surface area contributed by atoms with Crippen LogP contribution in [0, 0.1) is 23.2 Å². The van der Waals surface area contributed by atoms with Crippen molar-refractivity contribution in [3.8, 4) is 0 Å². The third-order valence-corrected chi connectivity index (χ3v) is 4.41. The third-order valence-electron chi connectivity index (χ3n) is 4.41. The molecular formula is C16H28O. The average molecular weight is 236 g/mol. The van der Waals surface area contributed by atoms with Crippen LogP contribution >= 0.6 is 0 Å². The lowest BCUT2D eigenvalue weighted by Crippen LogP contribution is -2.27. The first-order valence-corrected chi connectivity index (χ1v) is 7.07. The van der Waals surface area contributed by atoms with E-state index in [1.807, 2.05) is 6.08 Å². The van der Waals surface area contributed by atoms with Crippen molar-refractivity contribution >= 4 is 5.78 Å². The van der Waals surface area contributed by atoms with E-state index in [0.29, 0.717) is 29.0 Å². The highest BCUT2D eigenvalue weighted by atomic mass is 16.1. The summed E-state index contributed by atoms with van der Waals surface area (Å²) in [7, 11) is 0. The van der Waals surface area contributed by atoms with E-state index in [0.717, 1.165) is 12.8 Å². The van der Waals surface area contributed by atoms with Gasteiger partial charge in [-0.05, 0) is 42.1 Å². The summed E-state index contributed by atoms with van der Waals surface area (Å²) in [6.45, 7) is 11.6. The van der Waals surface area contributed by atoms with E-state index in [4.69, 9.17) is 0 Å². The fourth-order valence-electron chi connectivity index (χ4n) is 2.74. The molecule has 0 fully saturated rings. The Morgan fingerprint density at radius 2 is 2.06 bits per heavy atom. The molecule has 0 saturated heterocycles. The standard InChI is InChI=1S/C16H28O/c1-6-16(4,5)11-15(12(2)3)13-7-9-14(17)10-8-13/h7,9,12-13,15H,6,8,10-11H2,1-5H3. The zero-order valence-corrected chi connectivity index (χ0v) is 12.1. The molecule has 1 nitrogen and oxygen atoms in total. The van der Waals surface area contributed by atoms with E-state index in [2.05, 4.69) is 40.7 Å². The lowest BCUT2D eigenvalue weighted by Gasteiger charge is -2.36. The van der Waals surface area contributed by atoms with Gasteiger partial charge < -0.3 is 0 Å². The Labute approximate surface area is 107 Å². The van der Waals surface area contributed by atoms with E-state index in [1.54, 1.807) is 0 Å². The Morgan fingerprint density at radius 3 is 2.47 bits per heavy atom. The smallest absolute Gasteiger partial charge is 0.155 e. The fraction of sp³-hybridized carbons (Fsp3) is 0.812. The molecule has 0 aliphatic heterocycles. The molecule has 2 atom stereocenters. The van der Waals surface area contributed by atoms with E-state index in [1.165, 1.54) is 12.8 Å². The Morgan fingerprint density at radius 1 is 1.41 bits per heavy atom. The number of hydrogen-bond donors (Lipinski definition) is 0. The summed E-state index contributed by atoms with van der Waals surface area (Å²) in [5, 5.41) is 0. The lowest BCUT2D eigenvalue weighted by atomic mass is 9.69. The summed E-state index contributed by atoms with van der Waals surface area (Å²) >= 11 is 0. The molecule has 0 aromatic heterocycles. The molecule has 1 heteroatoms.